The van der Waals surface area contributed by atoms with Crippen LogP contribution in [0, 0.1) is 11.3 Å². The van der Waals surface area contributed by atoms with E-state index in [0.29, 0.717) is 24.5 Å². The Morgan fingerprint density at radius 3 is 2.43 bits per heavy atom. The summed E-state index contributed by atoms with van der Waals surface area (Å²) < 4.78 is 14.1. The predicted octanol–water partition coefficient (Wildman–Crippen LogP) is 3.09. The predicted molar refractivity (Wildman–Crippen MR) is 104 cm³/mol. The van der Waals surface area contributed by atoms with Crippen molar-refractivity contribution >= 4 is 17.0 Å². The minimum absolute atomic E-state index is 0.0309. The summed E-state index contributed by atoms with van der Waals surface area (Å²) >= 11 is 0. The fraction of sp³-hybridized carbons (Fsp3) is 0.286. The Bertz CT molecular complexity index is 1110. The summed E-state index contributed by atoms with van der Waals surface area (Å²) in [6.45, 7) is 4.86. The van der Waals surface area contributed by atoms with Gasteiger partial charge in [0.1, 0.15) is 0 Å². The summed E-state index contributed by atoms with van der Waals surface area (Å²) in [5.74, 6) is 0.120. The Labute approximate surface area is 162 Å². The van der Waals surface area contributed by atoms with E-state index in [-0.39, 0.29) is 24.4 Å². The zero-order valence-corrected chi connectivity index (χ0v) is 15.8. The standard InChI is InChI=1S/C21H21N3O4/c1-3-23-16-7-5-6-8-17(16)24(21(23)26)12-11-20(25)28-18-10-9-15(14-22)13-19(18)27-4-2/h5-10,13H,3-4,11-12H2,1-2H3. The van der Waals surface area contributed by atoms with Crippen molar-refractivity contribution in [3.8, 4) is 17.6 Å². The van der Waals surface area contributed by atoms with Crippen LogP contribution in [0.25, 0.3) is 11.0 Å². The summed E-state index contributed by atoms with van der Waals surface area (Å²) in [6.07, 6.45) is 0.0309. The maximum Gasteiger partial charge on any atom is 0.329 e. The third kappa shape index (κ3) is 3.76. The SMILES string of the molecule is CCOc1cc(C#N)ccc1OC(=O)CCn1c(=O)n(CC)c2ccccc21. The van der Waals surface area contributed by atoms with Crippen molar-refractivity contribution in [2.24, 2.45) is 0 Å². The van der Waals surface area contributed by atoms with E-state index in [1.54, 1.807) is 22.1 Å². The van der Waals surface area contributed by atoms with Gasteiger partial charge in [-0.25, -0.2) is 4.79 Å². The molecule has 0 saturated carbocycles. The van der Waals surface area contributed by atoms with Crippen molar-refractivity contribution in [1.29, 1.82) is 5.26 Å². The number of benzene rings is 2. The van der Waals surface area contributed by atoms with Crippen LogP contribution in [0.5, 0.6) is 11.5 Å². The molecule has 3 aromatic rings. The maximum atomic E-state index is 12.6. The highest BCUT2D eigenvalue weighted by Crippen LogP contribution is 2.28. The lowest BCUT2D eigenvalue weighted by Gasteiger charge is -2.11. The molecule has 7 nitrogen and oxygen atoms in total. The summed E-state index contributed by atoms with van der Waals surface area (Å²) in [6, 6.07) is 14.2. The number of rotatable bonds is 7. The second-order valence-corrected chi connectivity index (χ2v) is 6.10. The number of carbonyl (C=O) groups is 1. The van der Waals surface area contributed by atoms with Gasteiger partial charge in [-0.05, 0) is 38.1 Å². The molecule has 0 N–H and O–H groups in total. The molecular weight excluding hydrogens is 358 g/mol. The zero-order chi connectivity index (χ0) is 20.1. The van der Waals surface area contributed by atoms with E-state index in [9.17, 15) is 9.59 Å². The third-order valence-electron chi connectivity index (χ3n) is 4.38. The van der Waals surface area contributed by atoms with E-state index in [1.165, 1.54) is 12.1 Å². The van der Waals surface area contributed by atoms with Gasteiger partial charge in [-0.2, -0.15) is 5.26 Å². The lowest BCUT2D eigenvalue weighted by atomic mass is 10.2. The fourth-order valence-electron chi connectivity index (χ4n) is 3.10. The highest BCUT2D eigenvalue weighted by molar-refractivity contribution is 5.77. The highest BCUT2D eigenvalue weighted by atomic mass is 16.6. The largest absolute Gasteiger partial charge is 0.490 e. The quantitative estimate of drug-likeness (QED) is 0.465. The van der Waals surface area contributed by atoms with Gasteiger partial charge in [-0.15, -0.1) is 0 Å². The van der Waals surface area contributed by atoms with E-state index in [1.807, 2.05) is 37.3 Å². The second-order valence-electron chi connectivity index (χ2n) is 6.10. The van der Waals surface area contributed by atoms with E-state index < -0.39 is 5.97 Å². The smallest absolute Gasteiger partial charge is 0.329 e. The monoisotopic (exact) mass is 379 g/mol. The molecular formula is C21H21N3O4. The lowest BCUT2D eigenvalue weighted by Crippen LogP contribution is -2.25. The number of ether oxygens (including phenoxy) is 2. The minimum atomic E-state index is -0.481. The van der Waals surface area contributed by atoms with Gasteiger partial charge in [0.05, 0.1) is 35.7 Å². The van der Waals surface area contributed by atoms with Gasteiger partial charge in [0.25, 0.3) is 0 Å². The molecule has 3 rings (SSSR count). The Hall–Kier alpha value is -3.53. The molecule has 0 saturated heterocycles. The van der Waals surface area contributed by atoms with Crippen LogP contribution in [0.1, 0.15) is 25.8 Å². The van der Waals surface area contributed by atoms with Gasteiger partial charge >= 0.3 is 11.7 Å². The number of fused-ring (bicyclic) bond motifs is 1. The molecule has 0 unspecified atom stereocenters. The summed E-state index contributed by atoms with van der Waals surface area (Å²) in [4.78, 5) is 25.0. The normalized spacial score (nSPS) is 10.6. The van der Waals surface area contributed by atoms with Crippen LogP contribution in [0.3, 0.4) is 0 Å². The van der Waals surface area contributed by atoms with Gasteiger partial charge in [0, 0.05) is 19.2 Å². The average molecular weight is 379 g/mol. The Morgan fingerprint density at radius 1 is 1.07 bits per heavy atom. The van der Waals surface area contributed by atoms with Gasteiger partial charge in [-0.1, -0.05) is 12.1 Å². The number of esters is 1. The van der Waals surface area contributed by atoms with E-state index >= 15 is 0 Å². The number of hydrogen-bond donors (Lipinski definition) is 0. The van der Waals surface area contributed by atoms with Crippen molar-refractivity contribution in [2.45, 2.75) is 33.4 Å². The molecule has 2 aromatic carbocycles. The van der Waals surface area contributed by atoms with Gasteiger partial charge in [0.2, 0.25) is 0 Å². The summed E-state index contributed by atoms with van der Waals surface area (Å²) in [5, 5.41) is 9.00. The van der Waals surface area contributed by atoms with Gasteiger partial charge in [-0.3, -0.25) is 13.9 Å². The number of para-hydroxylation sites is 2. The van der Waals surface area contributed by atoms with E-state index in [0.717, 1.165) is 11.0 Å². The molecule has 1 aromatic heterocycles. The number of imidazole rings is 1. The van der Waals surface area contributed by atoms with Gasteiger partial charge < -0.3 is 9.47 Å². The highest BCUT2D eigenvalue weighted by Gasteiger charge is 2.15. The number of nitriles is 1. The Morgan fingerprint density at radius 2 is 1.79 bits per heavy atom. The molecule has 0 spiro atoms. The topological polar surface area (TPSA) is 86.2 Å². The molecule has 0 aliphatic rings. The lowest BCUT2D eigenvalue weighted by molar-refractivity contribution is -0.134. The van der Waals surface area contributed by atoms with Crippen molar-refractivity contribution in [1.82, 2.24) is 9.13 Å². The molecule has 0 fully saturated rings. The Balaban J connectivity index is 1.77. The first-order valence-electron chi connectivity index (χ1n) is 9.14. The van der Waals surface area contributed by atoms with Crippen molar-refractivity contribution < 1.29 is 14.3 Å². The van der Waals surface area contributed by atoms with Crippen molar-refractivity contribution in [3.05, 3.63) is 58.5 Å². The van der Waals surface area contributed by atoms with Crippen LogP contribution >= 0.6 is 0 Å². The maximum absolute atomic E-state index is 12.6. The Kier molecular flexibility index (Phi) is 5.80. The summed E-state index contributed by atoms with van der Waals surface area (Å²) in [7, 11) is 0. The molecule has 144 valence electrons. The molecule has 28 heavy (non-hydrogen) atoms. The molecule has 1 heterocycles. The van der Waals surface area contributed by atoms with Crippen LogP contribution in [-0.4, -0.2) is 21.7 Å². The molecule has 0 radical (unpaired) electrons. The van der Waals surface area contributed by atoms with Crippen LogP contribution < -0.4 is 15.2 Å². The minimum Gasteiger partial charge on any atom is -0.490 e. The third-order valence-corrected chi connectivity index (χ3v) is 4.38. The molecule has 0 atom stereocenters. The number of aryl methyl sites for hydroxylation is 2. The van der Waals surface area contributed by atoms with Crippen LogP contribution in [0.4, 0.5) is 0 Å². The first kappa shape index (κ1) is 19.2. The average Bonchev–Trinajstić information content (AvgIpc) is 2.98. The van der Waals surface area contributed by atoms with Crippen LogP contribution in [-0.2, 0) is 17.9 Å². The molecule has 0 aliphatic carbocycles. The van der Waals surface area contributed by atoms with E-state index in [4.69, 9.17) is 14.7 Å². The summed E-state index contributed by atoms with van der Waals surface area (Å²) in [5.41, 5.74) is 1.90. The molecule has 7 heteroatoms. The zero-order valence-electron chi connectivity index (χ0n) is 15.8. The number of nitrogens with zero attached hydrogens (tertiary/aromatic N) is 3. The second kappa shape index (κ2) is 8.44. The van der Waals surface area contributed by atoms with Crippen LogP contribution in [0.2, 0.25) is 0 Å². The number of carbonyl (C=O) groups excluding carboxylic acids is 1. The molecule has 0 aliphatic heterocycles. The molecule has 0 bridgehead atoms. The van der Waals surface area contributed by atoms with E-state index in [2.05, 4.69) is 0 Å². The number of hydrogen-bond acceptors (Lipinski definition) is 5. The number of aromatic nitrogens is 2. The first-order chi connectivity index (χ1) is 13.6. The fourth-order valence-corrected chi connectivity index (χ4v) is 3.10. The molecule has 0 amide bonds. The van der Waals surface area contributed by atoms with Gasteiger partial charge in [0.15, 0.2) is 11.5 Å². The van der Waals surface area contributed by atoms with Crippen molar-refractivity contribution in [3.63, 3.8) is 0 Å². The van der Waals surface area contributed by atoms with Crippen molar-refractivity contribution in [2.75, 3.05) is 6.61 Å². The van der Waals surface area contributed by atoms with Crippen LogP contribution in [0.15, 0.2) is 47.3 Å². The first-order valence-corrected chi connectivity index (χ1v) is 9.14.